The lowest BCUT2D eigenvalue weighted by atomic mass is 10.2. The topological polar surface area (TPSA) is 108 Å². The number of thiazole rings is 1. The molecular weight excluding hydrogens is 386 g/mol. The Morgan fingerprint density at radius 1 is 1.14 bits per heavy atom. The molecule has 0 spiro atoms. The molecule has 0 fully saturated rings. The molecule has 1 aromatic carbocycles. The molecule has 0 saturated heterocycles. The quantitative estimate of drug-likeness (QED) is 0.592. The van der Waals surface area contributed by atoms with Crippen molar-refractivity contribution in [2.75, 3.05) is 20.8 Å². The van der Waals surface area contributed by atoms with Crippen LogP contribution in [0.3, 0.4) is 0 Å². The maximum atomic E-state index is 12.2. The van der Waals surface area contributed by atoms with E-state index < -0.39 is 11.9 Å². The van der Waals surface area contributed by atoms with Gasteiger partial charge in [0.2, 0.25) is 0 Å². The lowest BCUT2D eigenvalue weighted by Crippen LogP contribution is -2.30. The average molecular weight is 403 g/mol. The Hall–Kier alpha value is -3.40. The van der Waals surface area contributed by atoms with E-state index in [0.29, 0.717) is 22.2 Å². The number of nitrogens with one attached hydrogen (secondary N) is 1. The third-order valence-corrected chi connectivity index (χ3v) is 4.50. The predicted molar refractivity (Wildman–Crippen MR) is 101 cm³/mol. The Bertz CT molecular complexity index is 1050. The highest BCUT2D eigenvalue weighted by Crippen LogP contribution is 2.22. The van der Waals surface area contributed by atoms with Crippen molar-refractivity contribution in [1.82, 2.24) is 14.7 Å². The van der Waals surface area contributed by atoms with Crippen LogP contribution in [0.5, 0.6) is 11.5 Å². The molecule has 0 aliphatic heterocycles. The molecule has 1 N–H and O–H groups in total. The number of esters is 1. The van der Waals surface area contributed by atoms with E-state index in [9.17, 15) is 14.4 Å². The van der Waals surface area contributed by atoms with Gasteiger partial charge in [-0.3, -0.25) is 18.8 Å². The number of carbonyl (C=O) groups is 2. The maximum Gasteiger partial charge on any atom is 0.325 e. The number of ether oxygens (including phenoxy) is 3. The molecule has 28 heavy (non-hydrogen) atoms. The summed E-state index contributed by atoms with van der Waals surface area (Å²) in [6.45, 7) is -0.496. The van der Waals surface area contributed by atoms with Gasteiger partial charge in [-0.15, -0.1) is 11.3 Å². The second-order valence-electron chi connectivity index (χ2n) is 5.59. The molecule has 3 rings (SSSR count). The zero-order valence-corrected chi connectivity index (χ0v) is 15.9. The molecule has 2 heterocycles. The van der Waals surface area contributed by atoms with Gasteiger partial charge in [-0.05, 0) is 12.1 Å². The average Bonchev–Trinajstić information content (AvgIpc) is 3.19. The van der Waals surface area contributed by atoms with Gasteiger partial charge in [-0.25, -0.2) is 4.98 Å². The summed E-state index contributed by atoms with van der Waals surface area (Å²) < 4.78 is 16.7. The fourth-order valence-electron chi connectivity index (χ4n) is 2.36. The number of benzene rings is 1. The molecule has 0 aliphatic rings. The van der Waals surface area contributed by atoms with Crippen molar-refractivity contribution >= 4 is 28.2 Å². The smallest absolute Gasteiger partial charge is 0.325 e. The van der Waals surface area contributed by atoms with Crippen LogP contribution in [0.15, 0.2) is 40.6 Å². The minimum Gasteiger partial charge on any atom is -0.497 e. The number of aromatic nitrogens is 2. The summed E-state index contributed by atoms with van der Waals surface area (Å²) in [5.41, 5.74) is 0.365. The van der Waals surface area contributed by atoms with Crippen LogP contribution in [-0.4, -0.2) is 42.0 Å². The van der Waals surface area contributed by atoms with Gasteiger partial charge in [0.05, 0.1) is 19.9 Å². The number of hydrogen-bond acceptors (Lipinski definition) is 8. The van der Waals surface area contributed by atoms with Crippen molar-refractivity contribution in [3.05, 3.63) is 57.5 Å². The monoisotopic (exact) mass is 403 g/mol. The molecule has 146 valence electrons. The number of nitrogens with zero attached hydrogens (tertiary/aromatic N) is 2. The summed E-state index contributed by atoms with van der Waals surface area (Å²) in [4.78, 5) is 40.8. The van der Waals surface area contributed by atoms with Gasteiger partial charge in [0.1, 0.15) is 24.7 Å². The molecule has 10 heteroatoms. The maximum absolute atomic E-state index is 12.2. The highest BCUT2D eigenvalue weighted by molar-refractivity contribution is 7.15. The predicted octanol–water partition coefficient (Wildman–Crippen LogP) is 1.25. The fraction of sp³-hybridized carbons (Fsp3) is 0.222. The fourth-order valence-corrected chi connectivity index (χ4v) is 3.10. The first kappa shape index (κ1) is 19.4. The largest absolute Gasteiger partial charge is 0.497 e. The number of rotatable bonds is 7. The van der Waals surface area contributed by atoms with Crippen molar-refractivity contribution in [3.8, 4) is 11.5 Å². The van der Waals surface area contributed by atoms with E-state index in [1.54, 1.807) is 17.6 Å². The minimum absolute atomic E-state index is 0.161. The molecule has 0 bridgehead atoms. The molecule has 0 radical (unpaired) electrons. The van der Waals surface area contributed by atoms with E-state index in [4.69, 9.17) is 14.2 Å². The summed E-state index contributed by atoms with van der Waals surface area (Å²) in [6, 6.07) is 5.98. The molecule has 0 atom stereocenters. The summed E-state index contributed by atoms with van der Waals surface area (Å²) in [5, 5.41) is 4.20. The van der Waals surface area contributed by atoms with Crippen LogP contribution < -0.4 is 20.3 Å². The van der Waals surface area contributed by atoms with Crippen molar-refractivity contribution in [3.63, 3.8) is 0 Å². The van der Waals surface area contributed by atoms with Crippen LogP contribution >= 0.6 is 11.3 Å². The number of fused-ring (bicyclic) bond motifs is 1. The second kappa shape index (κ2) is 8.53. The van der Waals surface area contributed by atoms with Crippen molar-refractivity contribution < 1.29 is 23.8 Å². The lowest BCUT2D eigenvalue weighted by molar-refractivity contribution is -0.143. The van der Waals surface area contributed by atoms with Crippen molar-refractivity contribution in [2.24, 2.45) is 0 Å². The first-order valence-electron chi connectivity index (χ1n) is 8.13. The Balaban J connectivity index is 1.56. The van der Waals surface area contributed by atoms with Gasteiger partial charge in [-0.1, -0.05) is 0 Å². The minimum atomic E-state index is -0.656. The van der Waals surface area contributed by atoms with E-state index in [1.165, 1.54) is 48.2 Å². The molecule has 0 unspecified atom stereocenters. The van der Waals surface area contributed by atoms with Gasteiger partial charge in [0.25, 0.3) is 11.5 Å². The third-order valence-electron chi connectivity index (χ3n) is 3.74. The normalized spacial score (nSPS) is 10.5. The lowest BCUT2D eigenvalue weighted by Gasteiger charge is -2.09. The molecule has 2 aromatic heterocycles. The van der Waals surface area contributed by atoms with Gasteiger partial charge < -0.3 is 19.5 Å². The molecule has 3 aromatic rings. The van der Waals surface area contributed by atoms with E-state index >= 15 is 0 Å². The number of carbonyl (C=O) groups excluding carboxylic acids is 2. The van der Waals surface area contributed by atoms with Crippen LogP contribution in [0.2, 0.25) is 0 Å². The molecular formula is C18H17N3O6S. The zero-order valence-electron chi connectivity index (χ0n) is 15.1. The number of amides is 1. The Kier molecular flexibility index (Phi) is 5.90. The zero-order chi connectivity index (χ0) is 20.1. The first-order chi connectivity index (χ1) is 13.5. The van der Waals surface area contributed by atoms with Gasteiger partial charge in [-0.2, -0.15) is 0 Å². The highest BCUT2D eigenvalue weighted by Gasteiger charge is 2.13. The van der Waals surface area contributed by atoms with Crippen LogP contribution in [0.4, 0.5) is 0 Å². The Labute approximate surface area is 163 Å². The Morgan fingerprint density at radius 2 is 1.86 bits per heavy atom. The van der Waals surface area contributed by atoms with Crippen LogP contribution in [0.25, 0.3) is 4.96 Å². The van der Waals surface area contributed by atoms with E-state index in [-0.39, 0.29) is 24.3 Å². The summed E-state index contributed by atoms with van der Waals surface area (Å²) >= 11 is 1.30. The molecule has 0 aliphatic carbocycles. The summed E-state index contributed by atoms with van der Waals surface area (Å²) in [6.07, 6.45) is 1.62. The number of hydrogen-bond donors (Lipinski definition) is 1. The third kappa shape index (κ3) is 4.46. The second-order valence-corrected chi connectivity index (χ2v) is 6.46. The first-order valence-corrected chi connectivity index (χ1v) is 9.01. The van der Waals surface area contributed by atoms with E-state index in [1.807, 2.05) is 0 Å². The summed E-state index contributed by atoms with van der Waals surface area (Å²) in [7, 11) is 2.95. The molecule has 1 amide bonds. The van der Waals surface area contributed by atoms with Gasteiger partial charge >= 0.3 is 5.97 Å². The van der Waals surface area contributed by atoms with E-state index in [0.717, 1.165) is 0 Å². The van der Waals surface area contributed by atoms with Crippen LogP contribution in [-0.2, 0) is 16.1 Å². The summed E-state index contributed by atoms with van der Waals surface area (Å²) in [5.74, 6) is -0.233. The van der Waals surface area contributed by atoms with Crippen LogP contribution in [0.1, 0.15) is 16.1 Å². The van der Waals surface area contributed by atoms with Gasteiger partial charge in [0, 0.05) is 29.3 Å². The van der Waals surface area contributed by atoms with Gasteiger partial charge in [0.15, 0.2) is 4.96 Å². The van der Waals surface area contributed by atoms with Crippen molar-refractivity contribution in [2.45, 2.75) is 6.61 Å². The molecule has 0 saturated carbocycles. The Morgan fingerprint density at radius 3 is 2.54 bits per heavy atom. The van der Waals surface area contributed by atoms with Crippen LogP contribution in [0, 0.1) is 0 Å². The molecule has 9 nitrogen and oxygen atoms in total. The highest BCUT2D eigenvalue weighted by atomic mass is 32.1. The standard InChI is InChI=1S/C18H17N3O6S/c1-25-13-5-11(6-14(8-13)26-2)17(24)19-9-16(23)27-10-12-7-15(22)21-3-4-28-18(21)20-12/h3-8H,9-10H2,1-2H3,(H,19,24). The van der Waals surface area contributed by atoms with Crippen molar-refractivity contribution in [1.29, 1.82) is 0 Å². The SMILES string of the molecule is COc1cc(OC)cc(C(=O)NCC(=O)OCc2cc(=O)n3ccsc3n2)c1. The van der Waals surface area contributed by atoms with E-state index in [2.05, 4.69) is 10.3 Å². The number of methoxy groups -OCH3 is 2.